The molecule has 0 aromatic heterocycles. The molecule has 0 saturated heterocycles. The first-order valence-corrected chi connectivity index (χ1v) is 11.1. The number of hydrogen-bond donors (Lipinski definition) is 3. The number of carbonyl (C=O) groups excluding carboxylic acids is 2. The zero-order valence-electron chi connectivity index (χ0n) is 18.5. The minimum Gasteiger partial charge on any atom is -0.481 e. The fourth-order valence-electron chi connectivity index (χ4n) is 4.12. The average Bonchev–Trinajstić information content (AvgIpc) is 3.10. The van der Waals surface area contributed by atoms with Gasteiger partial charge in [0.15, 0.2) is 0 Å². The van der Waals surface area contributed by atoms with Gasteiger partial charge in [0, 0.05) is 24.4 Å². The van der Waals surface area contributed by atoms with Gasteiger partial charge < -0.3 is 20.5 Å². The molecule has 2 aromatic rings. The Morgan fingerprint density at radius 3 is 1.94 bits per heavy atom. The number of aliphatic carboxylic acids is 1. The topological polar surface area (TPSA) is 105 Å². The molecule has 170 valence electrons. The fourth-order valence-corrected chi connectivity index (χ4v) is 4.12. The van der Waals surface area contributed by atoms with Crippen LogP contribution in [0.5, 0.6) is 0 Å². The molecule has 2 amide bonds. The largest absolute Gasteiger partial charge is 0.481 e. The predicted molar refractivity (Wildman–Crippen MR) is 121 cm³/mol. The van der Waals surface area contributed by atoms with Crippen molar-refractivity contribution in [2.24, 2.45) is 0 Å². The van der Waals surface area contributed by atoms with Gasteiger partial charge in [0.2, 0.25) is 5.91 Å². The van der Waals surface area contributed by atoms with Gasteiger partial charge in [0.1, 0.15) is 6.61 Å². The average molecular weight is 439 g/mol. The smallest absolute Gasteiger partial charge is 0.407 e. The Bertz CT molecular complexity index is 929. The van der Waals surface area contributed by atoms with Crippen LogP contribution in [0.2, 0.25) is 0 Å². The lowest BCUT2D eigenvalue weighted by Gasteiger charge is -2.20. The highest BCUT2D eigenvalue weighted by molar-refractivity contribution is 5.80. The quantitative estimate of drug-likeness (QED) is 0.519. The summed E-state index contributed by atoms with van der Waals surface area (Å²) in [5.74, 6) is -1.28. The van der Waals surface area contributed by atoms with Crippen LogP contribution >= 0.6 is 0 Å². The molecule has 0 fully saturated rings. The second kappa shape index (κ2) is 10.8. The van der Waals surface area contributed by atoms with Crippen molar-refractivity contribution < 1.29 is 24.2 Å². The molecule has 0 radical (unpaired) electrons. The van der Waals surface area contributed by atoms with E-state index in [1.165, 1.54) is 0 Å². The van der Waals surface area contributed by atoms with Crippen LogP contribution in [0.15, 0.2) is 48.5 Å². The van der Waals surface area contributed by atoms with Crippen LogP contribution in [0.1, 0.15) is 56.6 Å². The molecule has 1 aliphatic carbocycles. The van der Waals surface area contributed by atoms with Gasteiger partial charge >= 0.3 is 12.1 Å². The molecule has 0 heterocycles. The standard InChI is InChI=1S/C25H30N2O5/c1-3-16(13-23(28)26-17(4-2)14-24(29)30)27-25(31)32-15-22-20-11-7-5-9-18(20)19-10-6-8-12-21(19)22/h5-12,16-17,22H,3-4,13-15H2,1-2H3,(H,26,28)(H,27,31)(H,29,30). The third-order valence-electron chi connectivity index (χ3n) is 5.87. The van der Waals surface area contributed by atoms with Crippen LogP contribution in [-0.2, 0) is 14.3 Å². The number of fused-ring (bicyclic) bond motifs is 3. The predicted octanol–water partition coefficient (Wildman–Crippen LogP) is 4.06. The zero-order valence-corrected chi connectivity index (χ0v) is 18.5. The summed E-state index contributed by atoms with van der Waals surface area (Å²) in [6.07, 6.45) is 0.446. The molecule has 7 heteroatoms. The Hall–Kier alpha value is -3.35. The Kier molecular flexibility index (Phi) is 7.87. The van der Waals surface area contributed by atoms with Crippen LogP contribution in [0.3, 0.4) is 0 Å². The highest BCUT2D eigenvalue weighted by Gasteiger charge is 2.29. The normalized spacial score (nSPS) is 14.1. The van der Waals surface area contributed by atoms with E-state index in [0.29, 0.717) is 12.8 Å². The lowest BCUT2D eigenvalue weighted by Crippen LogP contribution is -2.42. The Labute approximate surface area is 188 Å². The summed E-state index contributed by atoms with van der Waals surface area (Å²) >= 11 is 0. The summed E-state index contributed by atoms with van der Waals surface area (Å²) in [5.41, 5.74) is 4.59. The molecule has 0 bridgehead atoms. The van der Waals surface area contributed by atoms with E-state index in [-0.39, 0.29) is 31.3 Å². The van der Waals surface area contributed by atoms with Gasteiger partial charge in [0.25, 0.3) is 0 Å². The first kappa shape index (κ1) is 23.3. The number of nitrogens with one attached hydrogen (secondary N) is 2. The summed E-state index contributed by atoms with van der Waals surface area (Å²) in [6.45, 7) is 3.90. The summed E-state index contributed by atoms with van der Waals surface area (Å²) in [4.78, 5) is 35.6. The molecule has 3 N–H and O–H groups in total. The molecule has 1 aliphatic rings. The highest BCUT2D eigenvalue weighted by Crippen LogP contribution is 2.44. The van der Waals surface area contributed by atoms with Crippen LogP contribution < -0.4 is 10.6 Å². The number of ether oxygens (including phenoxy) is 1. The molecule has 0 aliphatic heterocycles. The number of benzene rings is 2. The van der Waals surface area contributed by atoms with Crippen molar-refractivity contribution >= 4 is 18.0 Å². The van der Waals surface area contributed by atoms with Crippen molar-refractivity contribution in [1.29, 1.82) is 0 Å². The van der Waals surface area contributed by atoms with Crippen LogP contribution in [-0.4, -0.2) is 41.8 Å². The SMILES string of the molecule is CCC(CC(=O)O)NC(=O)CC(CC)NC(=O)OCC1c2ccccc2-c2ccccc21. The Balaban J connectivity index is 1.55. The minimum atomic E-state index is -0.957. The second-order valence-corrected chi connectivity index (χ2v) is 8.05. The molecule has 32 heavy (non-hydrogen) atoms. The number of carbonyl (C=O) groups is 3. The van der Waals surface area contributed by atoms with Gasteiger partial charge in [-0.1, -0.05) is 62.4 Å². The first-order valence-electron chi connectivity index (χ1n) is 11.1. The molecule has 7 nitrogen and oxygen atoms in total. The van der Waals surface area contributed by atoms with Crippen molar-refractivity contribution in [3.63, 3.8) is 0 Å². The van der Waals surface area contributed by atoms with E-state index in [1.807, 2.05) is 38.1 Å². The van der Waals surface area contributed by atoms with Crippen LogP contribution in [0.25, 0.3) is 11.1 Å². The third kappa shape index (κ3) is 5.66. The first-order chi connectivity index (χ1) is 15.4. The molecular weight excluding hydrogens is 408 g/mol. The highest BCUT2D eigenvalue weighted by atomic mass is 16.5. The third-order valence-corrected chi connectivity index (χ3v) is 5.87. The van der Waals surface area contributed by atoms with E-state index in [4.69, 9.17) is 9.84 Å². The van der Waals surface area contributed by atoms with Crippen LogP contribution in [0, 0.1) is 0 Å². The maximum absolute atomic E-state index is 12.5. The zero-order chi connectivity index (χ0) is 23.1. The lowest BCUT2D eigenvalue weighted by molar-refractivity contribution is -0.137. The molecule has 3 rings (SSSR count). The van der Waals surface area contributed by atoms with E-state index < -0.39 is 24.1 Å². The van der Waals surface area contributed by atoms with E-state index in [9.17, 15) is 14.4 Å². The summed E-state index contributed by atoms with van der Waals surface area (Å²) in [5, 5.41) is 14.4. The number of carboxylic acids is 1. The molecule has 2 aromatic carbocycles. The van der Waals surface area contributed by atoms with E-state index in [2.05, 4.69) is 34.9 Å². The summed E-state index contributed by atoms with van der Waals surface area (Å²) < 4.78 is 5.55. The van der Waals surface area contributed by atoms with Gasteiger partial charge in [0.05, 0.1) is 6.42 Å². The van der Waals surface area contributed by atoms with Gasteiger partial charge in [-0.3, -0.25) is 9.59 Å². The maximum atomic E-state index is 12.5. The molecule has 2 unspecified atom stereocenters. The van der Waals surface area contributed by atoms with Crippen molar-refractivity contribution in [2.45, 2.75) is 57.5 Å². The minimum absolute atomic E-state index is 0.0298. The van der Waals surface area contributed by atoms with Crippen LogP contribution in [0.4, 0.5) is 4.79 Å². The fraction of sp³-hybridized carbons (Fsp3) is 0.400. The van der Waals surface area contributed by atoms with Gasteiger partial charge in [-0.15, -0.1) is 0 Å². The Morgan fingerprint density at radius 2 is 1.41 bits per heavy atom. The van der Waals surface area contributed by atoms with E-state index in [1.54, 1.807) is 0 Å². The summed E-state index contributed by atoms with van der Waals surface area (Å²) in [6, 6.07) is 15.4. The van der Waals surface area contributed by atoms with Crippen molar-refractivity contribution in [1.82, 2.24) is 10.6 Å². The second-order valence-electron chi connectivity index (χ2n) is 8.05. The summed E-state index contributed by atoms with van der Waals surface area (Å²) in [7, 11) is 0. The molecule has 0 saturated carbocycles. The van der Waals surface area contributed by atoms with Gasteiger partial charge in [-0.2, -0.15) is 0 Å². The van der Waals surface area contributed by atoms with Crippen molar-refractivity contribution in [3.05, 3.63) is 59.7 Å². The van der Waals surface area contributed by atoms with Crippen molar-refractivity contribution in [3.8, 4) is 11.1 Å². The number of hydrogen-bond acceptors (Lipinski definition) is 4. The molecule has 0 spiro atoms. The van der Waals surface area contributed by atoms with Crippen molar-refractivity contribution in [2.75, 3.05) is 6.61 Å². The van der Waals surface area contributed by atoms with Gasteiger partial charge in [-0.25, -0.2) is 4.79 Å². The number of alkyl carbamates (subject to hydrolysis) is 1. The Morgan fingerprint density at radius 1 is 0.875 bits per heavy atom. The maximum Gasteiger partial charge on any atom is 0.407 e. The molecule has 2 atom stereocenters. The monoisotopic (exact) mass is 438 g/mol. The number of rotatable bonds is 10. The van der Waals surface area contributed by atoms with E-state index in [0.717, 1.165) is 22.3 Å². The number of carboxylic acid groups (broad SMARTS) is 1. The van der Waals surface area contributed by atoms with Gasteiger partial charge in [-0.05, 0) is 35.1 Å². The molecular formula is C25H30N2O5. The van der Waals surface area contributed by atoms with E-state index >= 15 is 0 Å². The number of amides is 2. The lowest BCUT2D eigenvalue weighted by atomic mass is 9.98.